The van der Waals surface area contributed by atoms with E-state index in [4.69, 9.17) is 0 Å². The van der Waals surface area contributed by atoms with Gasteiger partial charge in [-0.15, -0.1) is 0 Å². The molecule has 5 heterocycles. The van der Waals surface area contributed by atoms with E-state index in [1.165, 1.54) is 11.3 Å². The predicted octanol–water partition coefficient (Wildman–Crippen LogP) is 2.16. The first-order chi connectivity index (χ1) is 19.2. The summed E-state index contributed by atoms with van der Waals surface area (Å²) in [6.07, 6.45) is 5.78. The van der Waals surface area contributed by atoms with Gasteiger partial charge in [-0.1, -0.05) is 0 Å². The summed E-state index contributed by atoms with van der Waals surface area (Å²) in [7, 11) is 0. The predicted molar refractivity (Wildman–Crippen MR) is 145 cm³/mol. The van der Waals surface area contributed by atoms with Crippen molar-refractivity contribution in [2.45, 2.75) is 57.4 Å². The van der Waals surface area contributed by atoms with Crippen LogP contribution in [0.15, 0.2) is 18.2 Å². The van der Waals surface area contributed by atoms with E-state index in [0.717, 1.165) is 75.4 Å². The fourth-order valence-corrected chi connectivity index (χ4v) is 7.37. The van der Waals surface area contributed by atoms with Gasteiger partial charge >= 0.3 is 6.09 Å². The van der Waals surface area contributed by atoms with Crippen LogP contribution in [0.2, 0.25) is 0 Å². The Morgan fingerprint density at radius 2 is 1.65 bits per heavy atom. The van der Waals surface area contributed by atoms with E-state index in [9.17, 15) is 29.1 Å². The molecule has 1 spiro atoms. The molecule has 5 aliphatic heterocycles. The molecule has 11 heteroatoms. The largest absolute Gasteiger partial charge is 0.465 e. The highest BCUT2D eigenvalue weighted by atomic mass is 16.4. The molecule has 2 N–H and O–H groups in total. The Morgan fingerprint density at radius 3 is 2.35 bits per heavy atom. The Morgan fingerprint density at radius 1 is 0.925 bits per heavy atom. The maximum absolute atomic E-state index is 13.3. The molecule has 214 valence electrons. The topological polar surface area (TPSA) is 131 Å². The summed E-state index contributed by atoms with van der Waals surface area (Å²) in [5, 5.41) is 11.4. The number of hydrogen-bond acceptors (Lipinski definition) is 7. The lowest BCUT2D eigenvalue weighted by Crippen LogP contribution is -2.54. The minimum absolute atomic E-state index is 0.104. The van der Waals surface area contributed by atoms with Gasteiger partial charge in [-0.2, -0.15) is 0 Å². The number of likely N-dealkylation sites (tertiary alicyclic amines) is 2. The number of anilines is 1. The van der Waals surface area contributed by atoms with Crippen molar-refractivity contribution in [3.8, 4) is 0 Å². The van der Waals surface area contributed by atoms with E-state index in [-0.39, 0.29) is 24.2 Å². The lowest BCUT2D eigenvalue weighted by atomic mass is 9.72. The third kappa shape index (κ3) is 4.95. The van der Waals surface area contributed by atoms with Gasteiger partial charge in [-0.05, 0) is 87.6 Å². The average Bonchev–Trinajstić information content (AvgIpc) is 3.19. The van der Waals surface area contributed by atoms with E-state index in [1.807, 2.05) is 6.07 Å². The Kier molecular flexibility index (Phi) is 7.02. The Bertz CT molecular complexity index is 1230. The summed E-state index contributed by atoms with van der Waals surface area (Å²) in [6.45, 7) is 6.20. The second kappa shape index (κ2) is 10.5. The average molecular weight is 552 g/mol. The van der Waals surface area contributed by atoms with Gasteiger partial charge in [0.25, 0.3) is 11.8 Å². The zero-order chi connectivity index (χ0) is 28.0. The Balaban J connectivity index is 1.08. The summed E-state index contributed by atoms with van der Waals surface area (Å²) in [5.41, 5.74) is 1.79. The number of imide groups is 2. The highest BCUT2D eigenvalue weighted by Gasteiger charge is 2.45. The normalized spacial score (nSPS) is 25.9. The van der Waals surface area contributed by atoms with Gasteiger partial charge in [0.2, 0.25) is 11.8 Å². The number of carbonyl (C=O) groups excluding carboxylic acids is 4. The molecule has 11 nitrogen and oxygen atoms in total. The van der Waals surface area contributed by atoms with Gasteiger partial charge < -0.3 is 19.8 Å². The number of hydrogen-bond donors (Lipinski definition) is 2. The van der Waals surface area contributed by atoms with Crippen molar-refractivity contribution in [2.24, 2.45) is 11.3 Å². The van der Waals surface area contributed by atoms with Crippen LogP contribution in [0.3, 0.4) is 0 Å². The summed E-state index contributed by atoms with van der Waals surface area (Å²) in [6, 6.07) is 4.46. The monoisotopic (exact) mass is 551 g/mol. The second-order valence-electron chi connectivity index (χ2n) is 12.2. The van der Waals surface area contributed by atoms with Crippen molar-refractivity contribution in [3.63, 3.8) is 0 Å². The van der Waals surface area contributed by atoms with Gasteiger partial charge in [0.1, 0.15) is 6.04 Å². The molecule has 1 unspecified atom stereocenters. The van der Waals surface area contributed by atoms with Gasteiger partial charge in [-0.25, -0.2) is 4.79 Å². The van der Waals surface area contributed by atoms with Crippen molar-refractivity contribution < 1.29 is 29.1 Å². The summed E-state index contributed by atoms with van der Waals surface area (Å²) in [5.74, 6) is -1.37. The van der Waals surface area contributed by atoms with Crippen LogP contribution in [0.25, 0.3) is 0 Å². The smallest absolute Gasteiger partial charge is 0.407 e. The molecule has 5 amide bonds. The highest BCUT2D eigenvalue weighted by Crippen LogP contribution is 2.42. The molecule has 0 aliphatic carbocycles. The lowest BCUT2D eigenvalue weighted by molar-refractivity contribution is -0.136. The quantitative estimate of drug-likeness (QED) is 0.545. The molecular weight excluding hydrogens is 514 g/mol. The molecule has 1 atom stereocenters. The molecule has 0 radical (unpaired) electrons. The van der Waals surface area contributed by atoms with Crippen LogP contribution in [0.4, 0.5) is 10.5 Å². The first-order valence-electron chi connectivity index (χ1n) is 14.5. The third-order valence-corrected chi connectivity index (χ3v) is 9.77. The van der Waals surface area contributed by atoms with Crippen molar-refractivity contribution in [3.05, 3.63) is 29.3 Å². The van der Waals surface area contributed by atoms with Crippen molar-refractivity contribution in [2.75, 3.05) is 50.7 Å². The van der Waals surface area contributed by atoms with Crippen LogP contribution < -0.4 is 10.2 Å². The van der Waals surface area contributed by atoms with Crippen molar-refractivity contribution >= 4 is 35.4 Å². The van der Waals surface area contributed by atoms with Crippen LogP contribution in [0.5, 0.6) is 0 Å². The van der Waals surface area contributed by atoms with Gasteiger partial charge in [0.05, 0.1) is 11.1 Å². The van der Waals surface area contributed by atoms with E-state index >= 15 is 0 Å². The second-order valence-corrected chi connectivity index (χ2v) is 12.2. The van der Waals surface area contributed by atoms with Crippen LogP contribution in [-0.4, -0.2) is 101 Å². The SMILES string of the molecule is O=C1CCC(N2C(=O)c3ccc(N4CCCC5(CCN(CC6CCN(C(=O)O)CC6)CC5)C4)cc3C2=O)C(=O)N1. The lowest BCUT2D eigenvalue weighted by Gasteiger charge is -2.49. The van der Waals surface area contributed by atoms with Crippen LogP contribution in [-0.2, 0) is 9.59 Å². The molecule has 0 bridgehead atoms. The number of carbonyl (C=O) groups is 5. The van der Waals surface area contributed by atoms with Crippen LogP contribution in [0.1, 0.15) is 72.1 Å². The van der Waals surface area contributed by atoms with Crippen LogP contribution in [0, 0.1) is 11.3 Å². The number of amides is 5. The molecule has 0 aromatic heterocycles. The highest BCUT2D eigenvalue weighted by molar-refractivity contribution is 6.23. The number of nitrogens with zero attached hydrogens (tertiary/aromatic N) is 4. The minimum atomic E-state index is -0.957. The molecule has 0 saturated carbocycles. The summed E-state index contributed by atoms with van der Waals surface area (Å²) in [4.78, 5) is 68.9. The molecule has 6 rings (SSSR count). The number of piperidine rings is 4. The zero-order valence-electron chi connectivity index (χ0n) is 22.8. The van der Waals surface area contributed by atoms with Gasteiger partial charge in [-0.3, -0.25) is 29.4 Å². The fraction of sp³-hybridized carbons (Fsp3) is 0.621. The standard InChI is InChI=1S/C29H37N5O6/c35-24-5-4-23(25(36)30-24)34-26(37)21-3-2-20(16-22(21)27(34)38)33-11-1-8-29(18-33)9-14-31(15-10-29)17-19-6-12-32(13-7-19)28(39)40/h2-3,16,19,23H,1,4-15,17-18H2,(H,39,40)(H,30,35,36). The van der Waals surface area contributed by atoms with E-state index < -0.39 is 29.9 Å². The molecule has 1 aromatic carbocycles. The molecule has 4 saturated heterocycles. The number of rotatable bonds is 4. The number of carboxylic acid groups (broad SMARTS) is 1. The molecule has 1 aromatic rings. The number of fused-ring (bicyclic) bond motifs is 1. The zero-order valence-corrected chi connectivity index (χ0v) is 22.8. The Labute approximate surface area is 233 Å². The number of benzene rings is 1. The maximum Gasteiger partial charge on any atom is 0.407 e. The van der Waals surface area contributed by atoms with Gasteiger partial charge in [0, 0.05) is 44.8 Å². The summed E-state index contributed by atoms with van der Waals surface area (Å²) >= 11 is 0. The van der Waals surface area contributed by atoms with E-state index in [0.29, 0.717) is 30.1 Å². The van der Waals surface area contributed by atoms with E-state index in [2.05, 4.69) is 15.1 Å². The minimum Gasteiger partial charge on any atom is -0.465 e. The molecular formula is C29H37N5O6. The summed E-state index contributed by atoms with van der Waals surface area (Å²) < 4.78 is 0. The maximum atomic E-state index is 13.3. The molecule has 40 heavy (non-hydrogen) atoms. The van der Waals surface area contributed by atoms with Crippen molar-refractivity contribution in [1.82, 2.24) is 20.0 Å². The Hall–Kier alpha value is -3.47. The molecule has 5 aliphatic rings. The third-order valence-electron chi connectivity index (χ3n) is 9.77. The molecule has 4 fully saturated rings. The van der Waals surface area contributed by atoms with Crippen molar-refractivity contribution in [1.29, 1.82) is 0 Å². The first-order valence-corrected chi connectivity index (χ1v) is 14.5. The number of nitrogens with one attached hydrogen (secondary N) is 1. The van der Waals surface area contributed by atoms with Crippen LogP contribution >= 0.6 is 0 Å². The van der Waals surface area contributed by atoms with E-state index in [1.54, 1.807) is 12.1 Å². The fourth-order valence-electron chi connectivity index (χ4n) is 7.37. The first kappa shape index (κ1) is 26.7. The van der Waals surface area contributed by atoms with Gasteiger partial charge in [0.15, 0.2) is 0 Å².